The molecule has 6 rings (SSSR count). The van der Waals surface area contributed by atoms with E-state index < -0.39 is 82.0 Å². The van der Waals surface area contributed by atoms with Gasteiger partial charge in [0.2, 0.25) is 6.29 Å². The number of aliphatic hydroxyl groups excluding tert-OH is 4. The number of carboxylic acid groups (broad SMARTS) is 1. The summed E-state index contributed by atoms with van der Waals surface area (Å²) >= 11 is 0. The Morgan fingerprint density at radius 3 is 2.14 bits per heavy atom. The number of allylic oxidation sites excluding steroid dienone is 1. The zero-order chi connectivity index (χ0) is 37.0. The van der Waals surface area contributed by atoms with Crippen LogP contribution >= 0.6 is 0 Å². The standard InChI is InChI=1S/C36H56O13S/c1-18(2)20-12-14-36(31(43)48-29-28(40)27(39)26(38)23(17-37)47-29)16-15-33(4)24(35(20,36)6)9-8-21-19-7-10-25(49-50(44,45)46)34(5,30(41)42)22(19)11-13-32(21,33)3/h19-29,37-40H,1,7-17H2,2-6H3,(H,41,42)(H,44,45,46). The number of fused-ring (bicyclic) bond motifs is 7. The normalized spacial score (nSPS) is 51.8. The van der Waals surface area contributed by atoms with Crippen molar-refractivity contribution in [1.29, 1.82) is 0 Å². The molecule has 13 nitrogen and oxygen atoms in total. The molecule has 50 heavy (non-hydrogen) atoms. The number of aliphatic carboxylic acids is 1. The van der Waals surface area contributed by atoms with E-state index in [2.05, 4.69) is 27.4 Å². The van der Waals surface area contributed by atoms with Crippen LogP contribution in [-0.2, 0) is 33.6 Å². The molecule has 0 radical (unpaired) electrons. The van der Waals surface area contributed by atoms with Crippen LogP contribution in [-0.4, -0.2) is 93.9 Å². The van der Waals surface area contributed by atoms with E-state index in [4.69, 9.17) is 13.7 Å². The average Bonchev–Trinajstić information content (AvgIpc) is 3.36. The second-order valence-corrected chi connectivity index (χ2v) is 18.5. The molecule has 16 atom stereocenters. The Hall–Kier alpha value is -1.65. The van der Waals surface area contributed by atoms with Crippen LogP contribution in [0, 0.1) is 56.7 Å². The van der Waals surface area contributed by atoms with E-state index in [1.807, 2.05) is 6.92 Å². The number of ether oxygens (including phenoxy) is 2. The number of aliphatic hydroxyl groups is 4. The molecule has 5 saturated carbocycles. The van der Waals surface area contributed by atoms with Crippen LogP contribution in [0.5, 0.6) is 0 Å². The smallest absolute Gasteiger partial charge is 0.397 e. The second-order valence-electron chi connectivity index (χ2n) is 17.5. The maximum Gasteiger partial charge on any atom is 0.397 e. The first-order chi connectivity index (χ1) is 23.1. The molecule has 1 heterocycles. The molecule has 0 amide bonds. The summed E-state index contributed by atoms with van der Waals surface area (Å²) in [7, 11) is -4.85. The Kier molecular flexibility index (Phi) is 9.49. The number of hydrogen-bond donors (Lipinski definition) is 6. The Bertz CT molecular complexity index is 1500. The van der Waals surface area contributed by atoms with Gasteiger partial charge in [0.15, 0.2) is 0 Å². The van der Waals surface area contributed by atoms with Crippen molar-refractivity contribution in [2.24, 2.45) is 56.7 Å². The highest BCUT2D eigenvalue weighted by atomic mass is 32.3. The Labute approximate surface area is 294 Å². The van der Waals surface area contributed by atoms with Gasteiger partial charge in [-0.25, -0.2) is 4.18 Å². The van der Waals surface area contributed by atoms with Crippen LogP contribution in [0.2, 0.25) is 0 Å². The Morgan fingerprint density at radius 2 is 1.54 bits per heavy atom. The number of carbonyl (C=O) groups is 2. The highest BCUT2D eigenvalue weighted by Crippen LogP contribution is 2.79. The van der Waals surface area contributed by atoms with Crippen LogP contribution in [0.3, 0.4) is 0 Å². The molecule has 6 N–H and O–H groups in total. The minimum absolute atomic E-state index is 0.00466. The first kappa shape index (κ1) is 38.1. The van der Waals surface area contributed by atoms with Crippen LogP contribution in [0.15, 0.2) is 12.2 Å². The van der Waals surface area contributed by atoms with Crippen molar-refractivity contribution < 1.29 is 61.7 Å². The largest absolute Gasteiger partial charge is 0.481 e. The second kappa shape index (κ2) is 12.5. The van der Waals surface area contributed by atoms with Gasteiger partial charge >= 0.3 is 22.3 Å². The molecular formula is C36H56O13S. The highest BCUT2D eigenvalue weighted by Gasteiger charge is 2.75. The van der Waals surface area contributed by atoms with E-state index in [1.54, 1.807) is 6.92 Å². The summed E-state index contributed by atoms with van der Waals surface area (Å²) in [6.07, 6.45) is -2.81. The quantitative estimate of drug-likeness (QED) is 0.126. The van der Waals surface area contributed by atoms with Crippen LogP contribution < -0.4 is 0 Å². The van der Waals surface area contributed by atoms with E-state index in [0.29, 0.717) is 38.5 Å². The third-order valence-electron chi connectivity index (χ3n) is 16.0. The molecule has 5 aliphatic carbocycles. The third kappa shape index (κ3) is 5.13. The molecule has 14 heteroatoms. The number of rotatable bonds is 7. The predicted molar refractivity (Wildman–Crippen MR) is 177 cm³/mol. The van der Waals surface area contributed by atoms with Gasteiger partial charge in [-0.1, -0.05) is 32.9 Å². The molecule has 284 valence electrons. The van der Waals surface area contributed by atoms with E-state index in [9.17, 15) is 48.1 Å². The molecule has 6 fully saturated rings. The first-order valence-electron chi connectivity index (χ1n) is 18.2. The lowest BCUT2D eigenvalue weighted by molar-refractivity contribution is -0.301. The minimum Gasteiger partial charge on any atom is -0.481 e. The van der Waals surface area contributed by atoms with Crippen LogP contribution in [0.1, 0.15) is 98.8 Å². The lowest BCUT2D eigenvalue weighted by atomic mass is 9.32. The monoisotopic (exact) mass is 728 g/mol. The Morgan fingerprint density at radius 1 is 0.860 bits per heavy atom. The topological polar surface area (TPSA) is 217 Å². The minimum atomic E-state index is -4.85. The maximum absolute atomic E-state index is 14.6. The lowest BCUT2D eigenvalue weighted by Crippen LogP contribution is -2.68. The molecule has 1 saturated heterocycles. The van der Waals surface area contributed by atoms with E-state index in [1.165, 1.54) is 0 Å². The molecule has 0 aromatic carbocycles. The summed E-state index contributed by atoms with van der Waals surface area (Å²) in [5, 5.41) is 51.7. The molecule has 0 spiro atoms. The summed E-state index contributed by atoms with van der Waals surface area (Å²) in [6.45, 7) is 14.1. The predicted octanol–water partition coefficient (Wildman–Crippen LogP) is 3.24. The highest BCUT2D eigenvalue weighted by molar-refractivity contribution is 7.80. The van der Waals surface area contributed by atoms with Gasteiger partial charge in [0, 0.05) is 0 Å². The average molecular weight is 729 g/mol. The van der Waals surface area contributed by atoms with Gasteiger partial charge in [-0.05, 0) is 124 Å². The number of esters is 1. The molecule has 0 bridgehead atoms. The van der Waals surface area contributed by atoms with Gasteiger partial charge in [-0.15, -0.1) is 0 Å². The van der Waals surface area contributed by atoms with Gasteiger partial charge in [0.05, 0.1) is 23.5 Å². The molecule has 0 aromatic rings. The summed E-state index contributed by atoms with van der Waals surface area (Å²) in [4.78, 5) is 27.5. The van der Waals surface area contributed by atoms with Gasteiger partial charge < -0.3 is 35.0 Å². The SMILES string of the molecule is C=C(C)C1CCC2(C(=O)OC3OC(CO)C(O)C(O)C3O)CCC3(C)C(CCC4C5CCC(OS(=O)(=O)O)C(C)(C(=O)O)C5CCC43C)C12C. The molecule has 0 aromatic heterocycles. The first-order valence-corrected chi connectivity index (χ1v) is 19.6. The van der Waals surface area contributed by atoms with Gasteiger partial charge in [0.1, 0.15) is 24.4 Å². The fourth-order valence-electron chi connectivity index (χ4n) is 13.3. The number of carboxylic acids is 1. The van der Waals surface area contributed by atoms with E-state index in [-0.39, 0.29) is 46.8 Å². The molecular weight excluding hydrogens is 672 g/mol. The number of carbonyl (C=O) groups excluding carboxylic acids is 1. The van der Waals surface area contributed by atoms with Crippen molar-refractivity contribution >= 4 is 22.3 Å². The number of hydrogen-bond acceptors (Lipinski definition) is 11. The lowest BCUT2D eigenvalue weighted by Gasteiger charge is -2.72. The maximum atomic E-state index is 14.6. The van der Waals surface area contributed by atoms with Crippen LogP contribution in [0.4, 0.5) is 0 Å². The van der Waals surface area contributed by atoms with Gasteiger partial charge in [0.25, 0.3) is 0 Å². The van der Waals surface area contributed by atoms with Crippen molar-refractivity contribution in [3.8, 4) is 0 Å². The van der Waals surface area contributed by atoms with Crippen LogP contribution in [0.25, 0.3) is 0 Å². The molecule has 16 unspecified atom stereocenters. The van der Waals surface area contributed by atoms with Crippen molar-refractivity contribution in [3.05, 3.63) is 12.2 Å². The zero-order valence-electron chi connectivity index (χ0n) is 29.8. The summed E-state index contributed by atoms with van der Waals surface area (Å²) in [6, 6.07) is 0. The third-order valence-corrected chi connectivity index (χ3v) is 16.5. The fourth-order valence-corrected chi connectivity index (χ4v) is 13.8. The fraction of sp³-hybridized carbons (Fsp3) is 0.889. The van der Waals surface area contributed by atoms with Crippen molar-refractivity contribution in [2.75, 3.05) is 6.61 Å². The van der Waals surface area contributed by atoms with Crippen molar-refractivity contribution in [1.82, 2.24) is 0 Å². The van der Waals surface area contributed by atoms with E-state index >= 15 is 0 Å². The zero-order valence-corrected chi connectivity index (χ0v) is 30.6. The van der Waals surface area contributed by atoms with Gasteiger partial charge in [-0.2, -0.15) is 8.42 Å². The summed E-state index contributed by atoms with van der Waals surface area (Å²) < 4.78 is 49.6. The summed E-state index contributed by atoms with van der Waals surface area (Å²) in [5.74, 6) is -1.81. The Balaban J connectivity index is 1.33. The molecule has 1 aliphatic heterocycles. The molecule has 6 aliphatic rings. The van der Waals surface area contributed by atoms with E-state index in [0.717, 1.165) is 24.8 Å². The van der Waals surface area contributed by atoms with Gasteiger partial charge in [-0.3, -0.25) is 14.1 Å². The van der Waals surface area contributed by atoms with Crippen molar-refractivity contribution in [3.63, 3.8) is 0 Å². The van der Waals surface area contributed by atoms with Crippen molar-refractivity contribution in [2.45, 2.75) is 136 Å². The summed E-state index contributed by atoms with van der Waals surface area (Å²) in [5.41, 5.74) is -2.57.